The van der Waals surface area contributed by atoms with Crippen LogP contribution >= 0.6 is 0 Å². The van der Waals surface area contributed by atoms with E-state index >= 15 is 0 Å². The summed E-state index contributed by atoms with van der Waals surface area (Å²) < 4.78 is 0. The van der Waals surface area contributed by atoms with Crippen molar-refractivity contribution in [1.29, 1.82) is 0 Å². The van der Waals surface area contributed by atoms with E-state index in [0.29, 0.717) is 17.3 Å². The number of aliphatic hydroxyl groups is 1. The van der Waals surface area contributed by atoms with Crippen molar-refractivity contribution < 1.29 is 5.11 Å². The highest BCUT2D eigenvalue weighted by atomic mass is 16.3. The largest absolute Gasteiger partial charge is 0.391 e. The molecule has 1 saturated heterocycles. The molecule has 1 fully saturated rings. The zero-order valence-corrected chi connectivity index (χ0v) is 10.9. The van der Waals surface area contributed by atoms with Crippen molar-refractivity contribution in [3.8, 4) is 0 Å². The molecule has 19 heavy (non-hydrogen) atoms. The molecular formula is C12H18N6O. The molecular weight excluding hydrogens is 244 g/mol. The summed E-state index contributed by atoms with van der Waals surface area (Å²) in [5, 5.41) is 16.9. The van der Waals surface area contributed by atoms with Crippen LogP contribution in [0.2, 0.25) is 0 Å². The topological polar surface area (TPSA) is 104 Å². The van der Waals surface area contributed by atoms with Gasteiger partial charge in [0.2, 0.25) is 0 Å². The molecule has 0 radical (unpaired) electrons. The second kappa shape index (κ2) is 4.75. The fraction of sp³-hybridized carbons (Fsp3) is 0.583. The van der Waals surface area contributed by atoms with Gasteiger partial charge in [0.05, 0.1) is 11.8 Å². The van der Waals surface area contributed by atoms with Crippen LogP contribution in [0.1, 0.15) is 12.6 Å². The van der Waals surface area contributed by atoms with Crippen LogP contribution in [-0.2, 0) is 6.42 Å². The zero-order valence-electron chi connectivity index (χ0n) is 10.9. The fourth-order valence-corrected chi connectivity index (χ4v) is 2.57. The first-order chi connectivity index (χ1) is 9.15. The number of likely N-dealkylation sites (tertiary alicyclic amines) is 1. The first-order valence-corrected chi connectivity index (χ1v) is 6.49. The molecule has 3 heterocycles. The lowest BCUT2D eigenvalue weighted by Crippen LogP contribution is -2.24. The molecule has 3 rings (SSSR count). The summed E-state index contributed by atoms with van der Waals surface area (Å²) in [6.45, 7) is 4.63. The molecule has 0 aliphatic carbocycles. The van der Waals surface area contributed by atoms with Gasteiger partial charge < -0.3 is 15.7 Å². The number of anilines is 1. The molecule has 2 aromatic rings. The van der Waals surface area contributed by atoms with Crippen LogP contribution in [0.3, 0.4) is 0 Å². The van der Waals surface area contributed by atoms with E-state index in [2.05, 4.69) is 32.0 Å². The Hall–Kier alpha value is -1.73. The van der Waals surface area contributed by atoms with Crippen molar-refractivity contribution in [2.24, 2.45) is 5.92 Å². The third kappa shape index (κ3) is 2.26. The molecule has 0 unspecified atom stereocenters. The van der Waals surface area contributed by atoms with Gasteiger partial charge in [0.15, 0.2) is 11.3 Å². The SMILES string of the molecule is C[C@@H]1CN(CCc2[nH]nc3c(N)ncnc23)C[C@@H]1O. The lowest BCUT2D eigenvalue weighted by molar-refractivity contribution is 0.148. The van der Waals surface area contributed by atoms with Crippen molar-refractivity contribution in [3.63, 3.8) is 0 Å². The molecule has 1 aliphatic heterocycles. The maximum absolute atomic E-state index is 9.73. The van der Waals surface area contributed by atoms with Gasteiger partial charge in [0.25, 0.3) is 0 Å². The monoisotopic (exact) mass is 262 g/mol. The number of H-pyrrole nitrogens is 1. The van der Waals surface area contributed by atoms with Gasteiger partial charge in [0, 0.05) is 26.1 Å². The summed E-state index contributed by atoms with van der Waals surface area (Å²) in [5.41, 5.74) is 8.14. The highest BCUT2D eigenvalue weighted by molar-refractivity contribution is 5.85. The standard InChI is InChI=1S/C12H18N6O/c1-7-4-18(5-9(7)19)3-2-8-10-11(17-16-8)12(13)15-6-14-10/h6-7,9,19H,2-5H2,1H3,(H,16,17)(H2,13,14,15)/t7-,9+/m1/s1. The minimum atomic E-state index is -0.212. The van der Waals surface area contributed by atoms with Crippen LogP contribution in [0.4, 0.5) is 5.82 Å². The Morgan fingerprint density at radius 2 is 2.26 bits per heavy atom. The smallest absolute Gasteiger partial charge is 0.155 e. The molecule has 0 bridgehead atoms. The number of hydrogen-bond donors (Lipinski definition) is 3. The van der Waals surface area contributed by atoms with E-state index in [1.165, 1.54) is 6.33 Å². The minimum Gasteiger partial charge on any atom is -0.391 e. The van der Waals surface area contributed by atoms with Crippen LogP contribution in [0, 0.1) is 5.92 Å². The number of aromatic nitrogens is 4. The number of aromatic amines is 1. The number of fused-ring (bicyclic) bond motifs is 1. The van der Waals surface area contributed by atoms with Crippen molar-refractivity contribution >= 4 is 16.9 Å². The van der Waals surface area contributed by atoms with Gasteiger partial charge in [-0.15, -0.1) is 0 Å². The predicted molar refractivity (Wildman–Crippen MR) is 71.4 cm³/mol. The van der Waals surface area contributed by atoms with Gasteiger partial charge >= 0.3 is 0 Å². The number of nitrogens with two attached hydrogens (primary N) is 1. The molecule has 1 aliphatic rings. The molecule has 7 heteroatoms. The Bertz CT molecular complexity index is 573. The number of nitrogens with zero attached hydrogens (tertiary/aromatic N) is 4. The number of aliphatic hydroxyl groups excluding tert-OH is 1. The van der Waals surface area contributed by atoms with Crippen LogP contribution in [0.5, 0.6) is 0 Å². The summed E-state index contributed by atoms with van der Waals surface area (Å²) in [7, 11) is 0. The maximum Gasteiger partial charge on any atom is 0.155 e. The summed E-state index contributed by atoms with van der Waals surface area (Å²) in [5.74, 6) is 0.745. The lowest BCUT2D eigenvalue weighted by atomic mass is 10.1. The van der Waals surface area contributed by atoms with E-state index in [1.54, 1.807) is 0 Å². The molecule has 0 aromatic carbocycles. The average Bonchev–Trinajstić information content (AvgIpc) is 2.93. The Kier molecular flexibility index (Phi) is 3.08. The van der Waals surface area contributed by atoms with Crippen LogP contribution in [-0.4, -0.2) is 55.9 Å². The van der Waals surface area contributed by atoms with Crippen molar-refractivity contribution in [2.45, 2.75) is 19.4 Å². The first kappa shape index (κ1) is 12.3. The maximum atomic E-state index is 9.73. The quantitative estimate of drug-likeness (QED) is 0.707. The summed E-state index contributed by atoms with van der Waals surface area (Å²) in [4.78, 5) is 10.4. The summed E-state index contributed by atoms with van der Waals surface area (Å²) >= 11 is 0. The van der Waals surface area contributed by atoms with E-state index in [-0.39, 0.29) is 6.10 Å². The number of hydrogen-bond acceptors (Lipinski definition) is 6. The Balaban J connectivity index is 1.71. The Morgan fingerprint density at radius 1 is 1.42 bits per heavy atom. The van der Waals surface area contributed by atoms with E-state index < -0.39 is 0 Å². The van der Waals surface area contributed by atoms with Gasteiger partial charge in [0.1, 0.15) is 11.8 Å². The molecule has 2 aromatic heterocycles. The van der Waals surface area contributed by atoms with Crippen LogP contribution < -0.4 is 5.73 Å². The van der Waals surface area contributed by atoms with Crippen molar-refractivity contribution in [3.05, 3.63) is 12.0 Å². The third-order valence-electron chi connectivity index (χ3n) is 3.77. The normalized spacial score (nSPS) is 24.3. The minimum absolute atomic E-state index is 0.212. The third-order valence-corrected chi connectivity index (χ3v) is 3.77. The van der Waals surface area contributed by atoms with E-state index in [0.717, 1.165) is 37.3 Å². The van der Waals surface area contributed by atoms with Gasteiger partial charge in [-0.25, -0.2) is 9.97 Å². The number of nitrogens with one attached hydrogen (secondary N) is 1. The zero-order chi connectivity index (χ0) is 13.4. The molecule has 7 nitrogen and oxygen atoms in total. The number of β-amino-alcohol motifs (C(OH)–C–C–N with tert-alkyl or cyclic N) is 1. The lowest BCUT2D eigenvalue weighted by Gasteiger charge is -2.13. The van der Waals surface area contributed by atoms with E-state index in [9.17, 15) is 5.11 Å². The van der Waals surface area contributed by atoms with Gasteiger partial charge in [-0.2, -0.15) is 5.10 Å². The van der Waals surface area contributed by atoms with E-state index in [1.807, 2.05) is 0 Å². The van der Waals surface area contributed by atoms with Gasteiger partial charge in [-0.3, -0.25) is 5.10 Å². The highest BCUT2D eigenvalue weighted by Gasteiger charge is 2.27. The van der Waals surface area contributed by atoms with Gasteiger partial charge in [-0.1, -0.05) is 6.92 Å². The highest BCUT2D eigenvalue weighted by Crippen LogP contribution is 2.19. The number of nitrogen functional groups attached to an aromatic ring is 1. The Morgan fingerprint density at radius 3 is 3.00 bits per heavy atom. The van der Waals surface area contributed by atoms with Crippen LogP contribution in [0.25, 0.3) is 11.0 Å². The first-order valence-electron chi connectivity index (χ1n) is 6.49. The van der Waals surface area contributed by atoms with Crippen molar-refractivity contribution in [1.82, 2.24) is 25.1 Å². The fourth-order valence-electron chi connectivity index (χ4n) is 2.57. The molecule has 0 saturated carbocycles. The molecule has 2 atom stereocenters. The average molecular weight is 262 g/mol. The van der Waals surface area contributed by atoms with Gasteiger partial charge in [-0.05, 0) is 5.92 Å². The summed E-state index contributed by atoms with van der Waals surface area (Å²) in [6, 6.07) is 0. The summed E-state index contributed by atoms with van der Waals surface area (Å²) in [6.07, 6.45) is 2.06. The molecule has 0 amide bonds. The van der Waals surface area contributed by atoms with E-state index in [4.69, 9.17) is 5.73 Å². The second-order valence-electron chi connectivity index (χ2n) is 5.21. The predicted octanol–water partition coefficient (Wildman–Crippen LogP) is -0.210. The Labute approximate surface area is 110 Å². The molecule has 102 valence electrons. The number of rotatable bonds is 3. The second-order valence-corrected chi connectivity index (χ2v) is 5.21. The van der Waals surface area contributed by atoms with Crippen LogP contribution in [0.15, 0.2) is 6.33 Å². The molecule has 4 N–H and O–H groups in total. The van der Waals surface area contributed by atoms with Crippen molar-refractivity contribution in [2.75, 3.05) is 25.4 Å². The molecule has 0 spiro atoms.